The molecule has 0 aliphatic carbocycles. The highest BCUT2D eigenvalue weighted by Gasteiger charge is 2.23. The van der Waals surface area contributed by atoms with Crippen molar-refractivity contribution < 1.29 is 4.39 Å². The minimum absolute atomic E-state index is 0.309. The molecule has 2 aromatic carbocycles. The maximum atomic E-state index is 13.8. The summed E-state index contributed by atoms with van der Waals surface area (Å²) < 4.78 is 15.5. The fourth-order valence-corrected chi connectivity index (χ4v) is 4.19. The molecule has 5 rings (SSSR count). The van der Waals surface area contributed by atoms with E-state index in [9.17, 15) is 4.39 Å². The maximum absolute atomic E-state index is 13.8. The van der Waals surface area contributed by atoms with Gasteiger partial charge >= 0.3 is 0 Å². The van der Waals surface area contributed by atoms with Gasteiger partial charge in [-0.25, -0.2) is 9.37 Å². The molecular formula is C21H19ClFN5. The summed E-state index contributed by atoms with van der Waals surface area (Å²) in [6, 6.07) is 12.1. The first-order chi connectivity index (χ1) is 13.6. The van der Waals surface area contributed by atoms with Gasteiger partial charge in [0.25, 0.3) is 0 Å². The quantitative estimate of drug-likeness (QED) is 0.480. The number of aromatic nitrogens is 4. The van der Waals surface area contributed by atoms with Crippen LogP contribution in [-0.2, 0) is 0 Å². The Hall–Kier alpha value is -2.73. The van der Waals surface area contributed by atoms with Gasteiger partial charge in [-0.1, -0.05) is 35.9 Å². The zero-order valence-electron chi connectivity index (χ0n) is 15.4. The summed E-state index contributed by atoms with van der Waals surface area (Å²) in [6.07, 6.45) is 2.35. The number of rotatable bonds is 2. The molecule has 1 atom stereocenters. The smallest absolute Gasteiger partial charge is 0.186 e. The summed E-state index contributed by atoms with van der Waals surface area (Å²) in [7, 11) is 0. The Labute approximate surface area is 166 Å². The summed E-state index contributed by atoms with van der Waals surface area (Å²) in [5.41, 5.74) is 2.74. The summed E-state index contributed by atoms with van der Waals surface area (Å²) in [5, 5.41) is 10.2. The van der Waals surface area contributed by atoms with Crippen LogP contribution in [0.3, 0.4) is 0 Å². The van der Waals surface area contributed by atoms with Crippen LogP contribution in [0.5, 0.6) is 0 Å². The van der Waals surface area contributed by atoms with E-state index < -0.39 is 0 Å². The van der Waals surface area contributed by atoms with Crippen molar-refractivity contribution in [2.75, 3.05) is 18.0 Å². The van der Waals surface area contributed by atoms with Gasteiger partial charge in [-0.3, -0.25) is 0 Å². The molecule has 28 heavy (non-hydrogen) atoms. The lowest BCUT2D eigenvalue weighted by molar-refractivity contribution is 0.445. The lowest BCUT2D eigenvalue weighted by atomic mass is 10.00. The minimum atomic E-state index is -0.309. The second-order valence-corrected chi connectivity index (χ2v) is 7.91. The van der Waals surface area contributed by atoms with Crippen molar-refractivity contribution in [2.24, 2.45) is 5.92 Å². The van der Waals surface area contributed by atoms with Crippen LogP contribution in [0.15, 0.2) is 42.5 Å². The molecule has 0 radical (unpaired) electrons. The molecule has 0 amide bonds. The van der Waals surface area contributed by atoms with E-state index in [-0.39, 0.29) is 5.82 Å². The lowest BCUT2D eigenvalue weighted by Crippen LogP contribution is -2.35. The van der Waals surface area contributed by atoms with E-state index >= 15 is 0 Å². The van der Waals surface area contributed by atoms with Crippen molar-refractivity contribution >= 4 is 34.0 Å². The summed E-state index contributed by atoms with van der Waals surface area (Å²) >= 11 is 6.29. The molecule has 142 valence electrons. The highest BCUT2D eigenvalue weighted by atomic mass is 35.5. The van der Waals surface area contributed by atoms with Gasteiger partial charge < -0.3 is 4.90 Å². The van der Waals surface area contributed by atoms with E-state index in [1.165, 1.54) is 18.6 Å². The van der Waals surface area contributed by atoms with Gasteiger partial charge in [0.15, 0.2) is 5.65 Å². The van der Waals surface area contributed by atoms with Crippen molar-refractivity contribution in [3.8, 4) is 11.3 Å². The topological polar surface area (TPSA) is 46.3 Å². The van der Waals surface area contributed by atoms with Crippen molar-refractivity contribution in [2.45, 2.75) is 19.8 Å². The van der Waals surface area contributed by atoms with Gasteiger partial charge in [0, 0.05) is 29.1 Å². The van der Waals surface area contributed by atoms with Crippen LogP contribution in [0, 0.1) is 11.7 Å². The molecule has 7 heteroatoms. The van der Waals surface area contributed by atoms with Crippen LogP contribution in [0.25, 0.3) is 27.8 Å². The van der Waals surface area contributed by atoms with E-state index in [1.54, 1.807) is 10.6 Å². The van der Waals surface area contributed by atoms with Crippen molar-refractivity contribution in [3.05, 3.63) is 53.3 Å². The number of hydrogen-bond donors (Lipinski definition) is 0. The number of anilines is 1. The standard InChI is InChI=1S/C21H19ClFN5/c1-13-4-3-9-27(12-13)20-17-11-15(22)7-8-18(17)28-21(24-20)19(25-26-28)14-5-2-6-16(23)10-14/h2,5-8,10-11,13H,3-4,9,12H2,1H3/t13-/m1/s1. The number of halogens is 2. The normalized spacial score (nSPS) is 17.5. The largest absolute Gasteiger partial charge is 0.356 e. The number of hydrogen-bond acceptors (Lipinski definition) is 4. The first-order valence-corrected chi connectivity index (χ1v) is 9.83. The molecule has 2 aromatic heterocycles. The van der Waals surface area contributed by atoms with Gasteiger partial charge in [-0.05, 0) is 49.1 Å². The average molecular weight is 396 g/mol. The molecular weight excluding hydrogens is 377 g/mol. The molecule has 1 fully saturated rings. The van der Waals surface area contributed by atoms with Gasteiger partial charge in [-0.15, -0.1) is 5.10 Å². The summed E-state index contributed by atoms with van der Waals surface area (Å²) in [6.45, 7) is 4.16. The van der Waals surface area contributed by atoms with Gasteiger partial charge in [0.05, 0.1) is 5.52 Å². The first kappa shape index (κ1) is 17.4. The van der Waals surface area contributed by atoms with Crippen molar-refractivity contribution in [1.82, 2.24) is 19.8 Å². The van der Waals surface area contributed by atoms with Crippen LogP contribution >= 0.6 is 11.6 Å². The van der Waals surface area contributed by atoms with E-state index in [0.29, 0.717) is 27.8 Å². The number of benzene rings is 2. The molecule has 3 heterocycles. The molecule has 0 bridgehead atoms. The molecule has 4 aromatic rings. The van der Waals surface area contributed by atoms with Gasteiger partial charge in [0.1, 0.15) is 17.3 Å². The molecule has 5 nitrogen and oxygen atoms in total. The molecule has 0 saturated carbocycles. The Balaban J connectivity index is 1.79. The Morgan fingerprint density at radius 1 is 1.18 bits per heavy atom. The Kier molecular flexibility index (Phi) is 4.16. The van der Waals surface area contributed by atoms with E-state index in [4.69, 9.17) is 16.6 Å². The Morgan fingerprint density at radius 2 is 2.07 bits per heavy atom. The SMILES string of the molecule is C[C@@H]1CCCN(c2nc3c(-c4cccc(F)c4)nnn3c3ccc(Cl)cc23)C1. The third-order valence-electron chi connectivity index (χ3n) is 5.34. The minimum Gasteiger partial charge on any atom is -0.356 e. The summed E-state index contributed by atoms with van der Waals surface area (Å²) in [5.74, 6) is 1.18. The third kappa shape index (κ3) is 2.88. The average Bonchev–Trinajstić information content (AvgIpc) is 3.11. The third-order valence-corrected chi connectivity index (χ3v) is 5.58. The summed E-state index contributed by atoms with van der Waals surface area (Å²) in [4.78, 5) is 7.27. The Bertz CT molecular complexity index is 1190. The number of nitrogens with zero attached hydrogens (tertiary/aromatic N) is 5. The van der Waals surface area contributed by atoms with Crippen LogP contribution < -0.4 is 4.90 Å². The van der Waals surface area contributed by atoms with Crippen LogP contribution in [-0.4, -0.2) is 32.9 Å². The highest BCUT2D eigenvalue weighted by Crippen LogP contribution is 2.33. The zero-order valence-corrected chi connectivity index (χ0v) is 16.2. The predicted octanol–water partition coefficient (Wildman–Crippen LogP) is 4.97. The van der Waals surface area contributed by atoms with Crippen LogP contribution in [0.4, 0.5) is 10.2 Å². The van der Waals surface area contributed by atoms with Gasteiger partial charge in [0.2, 0.25) is 0 Å². The van der Waals surface area contributed by atoms with Gasteiger partial charge in [-0.2, -0.15) is 4.52 Å². The number of piperidine rings is 1. The molecule has 0 unspecified atom stereocenters. The molecule has 1 aliphatic heterocycles. The first-order valence-electron chi connectivity index (χ1n) is 9.46. The fourth-order valence-electron chi connectivity index (χ4n) is 4.02. The van der Waals surface area contributed by atoms with E-state index in [2.05, 4.69) is 22.1 Å². The molecule has 1 saturated heterocycles. The van der Waals surface area contributed by atoms with Crippen LogP contribution in [0.2, 0.25) is 5.02 Å². The fraction of sp³-hybridized carbons (Fsp3) is 0.286. The second kappa shape index (κ2) is 6.71. The predicted molar refractivity (Wildman–Crippen MR) is 109 cm³/mol. The Morgan fingerprint density at radius 3 is 2.89 bits per heavy atom. The number of fused-ring (bicyclic) bond motifs is 3. The molecule has 0 N–H and O–H groups in total. The van der Waals surface area contributed by atoms with Crippen LogP contribution in [0.1, 0.15) is 19.8 Å². The second-order valence-electron chi connectivity index (χ2n) is 7.47. The van der Waals surface area contributed by atoms with E-state index in [1.807, 2.05) is 24.3 Å². The molecule has 0 spiro atoms. The zero-order chi connectivity index (χ0) is 19.3. The van der Waals surface area contributed by atoms with E-state index in [0.717, 1.165) is 36.2 Å². The highest BCUT2D eigenvalue weighted by molar-refractivity contribution is 6.31. The molecule has 1 aliphatic rings. The lowest BCUT2D eigenvalue weighted by Gasteiger charge is -2.32. The van der Waals surface area contributed by atoms with Crippen molar-refractivity contribution in [3.63, 3.8) is 0 Å². The monoisotopic (exact) mass is 395 g/mol. The maximum Gasteiger partial charge on any atom is 0.186 e. The van der Waals surface area contributed by atoms with Crippen molar-refractivity contribution in [1.29, 1.82) is 0 Å².